The molecule has 0 bridgehead atoms. The summed E-state index contributed by atoms with van der Waals surface area (Å²) in [5.41, 5.74) is 1.07. The number of hydrogen-bond donors (Lipinski definition) is 2. The van der Waals surface area contributed by atoms with E-state index in [0.29, 0.717) is 59.0 Å². The number of aromatic nitrogens is 3. The molecule has 2 aromatic carbocycles. The van der Waals surface area contributed by atoms with Crippen molar-refractivity contribution in [2.75, 3.05) is 18.4 Å². The topological polar surface area (TPSA) is 124 Å². The van der Waals surface area contributed by atoms with Crippen LogP contribution in [0.1, 0.15) is 22.3 Å². The van der Waals surface area contributed by atoms with Crippen LogP contribution in [0.3, 0.4) is 0 Å². The molecule has 5 rings (SSSR count). The number of rotatable bonds is 7. The second-order valence-electron chi connectivity index (χ2n) is 8.51. The van der Waals surface area contributed by atoms with Crippen LogP contribution in [0.15, 0.2) is 73.2 Å². The Labute approximate surface area is 217 Å². The van der Waals surface area contributed by atoms with Crippen molar-refractivity contribution in [3.05, 3.63) is 89.4 Å². The van der Waals surface area contributed by atoms with E-state index in [1.165, 1.54) is 6.33 Å². The van der Waals surface area contributed by atoms with Crippen LogP contribution in [-0.2, 0) is 4.79 Å². The van der Waals surface area contributed by atoms with Crippen molar-refractivity contribution < 1.29 is 14.3 Å². The van der Waals surface area contributed by atoms with Crippen molar-refractivity contribution in [3.63, 3.8) is 0 Å². The van der Waals surface area contributed by atoms with E-state index in [4.69, 9.17) is 21.6 Å². The zero-order chi connectivity index (χ0) is 25.9. The molecular weight excluding hydrogens is 492 g/mol. The van der Waals surface area contributed by atoms with Crippen molar-refractivity contribution >= 4 is 40.1 Å². The second-order valence-corrected chi connectivity index (χ2v) is 8.91. The van der Waals surface area contributed by atoms with Gasteiger partial charge in [0.25, 0.3) is 5.91 Å². The van der Waals surface area contributed by atoms with Gasteiger partial charge in [0.2, 0.25) is 0 Å². The van der Waals surface area contributed by atoms with Crippen LogP contribution in [0.25, 0.3) is 11.0 Å². The highest BCUT2D eigenvalue weighted by molar-refractivity contribution is 6.35. The van der Waals surface area contributed by atoms with Crippen LogP contribution >= 0.6 is 11.6 Å². The summed E-state index contributed by atoms with van der Waals surface area (Å²) in [6.07, 6.45) is 3.63. The molecule has 184 valence electrons. The Bertz CT molecular complexity index is 1560. The third-order valence-corrected chi connectivity index (χ3v) is 6.40. The quantitative estimate of drug-likeness (QED) is 0.208. The van der Waals surface area contributed by atoms with Gasteiger partial charge in [-0.05, 0) is 30.7 Å². The van der Waals surface area contributed by atoms with Crippen molar-refractivity contribution in [1.29, 1.82) is 5.26 Å². The zero-order valence-electron chi connectivity index (χ0n) is 19.6. The largest absolute Gasteiger partial charge is 0.457 e. The molecule has 0 radical (unpaired) electrons. The number of carbonyl (C=O) groups is 2. The number of benzene rings is 2. The van der Waals surface area contributed by atoms with E-state index in [2.05, 4.69) is 26.8 Å². The normalized spacial score (nSPS) is 14.8. The van der Waals surface area contributed by atoms with E-state index in [0.717, 1.165) is 0 Å². The number of ether oxygens (including phenoxy) is 1. The second kappa shape index (κ2) is 10.1. The molecule has 1 unspecified atom stereocenters. The number of nitriles is 1. The molecule has 4 aromatic rings. The monoisotopic (exact) mass is 512 g/mol. The summed E-state index contributed by atoms with van der Waals surface area (Å²) in [6, 6.07) is 15.9. The van der Waals surface area contributed by atoms with Crippen molar-refractivity contribution in [3.8, 4) is 17.6 Å². The molecule has 1 aliphatic rings. The summed E-state index contributed by atoms with van der Waals surface area (Å²) in [6.45, 7) is 4.37. The highest BCUT2D eigenvalue weighted by Crippen LogP contribution is 2.32. The molecule has 1 aliphatic heterocycles. The predicted octanol–water partition coefficient (Wildman–Crippen LogP) is 4.73. The van der Waals surface area contributed by atoms with Gasteiger partial charge in [-0.1, -0.05) is 36.4 Å². The minimum atomic E-state index is -0.383. The Morgan fingerprint density at radius 3 is 2.73 bits per heavy atom. The van der Waals surface area contributed by atoms with Gasteiger partial charge in [0.1, 0.15) is 40.9 Å². The Hall–Kier alpha value is -4.68. The number of nitrogens with one attached hydrogen (secondary N) is 2. The molecule has 1 saturated heterocycles. The van der Waals surface area contributed by atoms with Gasteiger partial charge in [0.05, 0.1) is 16.0 Å². The average molecular weight is 513 g/mol. The molecule has 2 aromatic heterocycles. The standard InChI is InChI=1S/C27H21ClN6O3/c1-16(12-29)27(36)34-10-9-17(14-34)33-26-23-21(13-30-25(23)31-15-32-26)24(35)20-8-7-19(11-22(20)28)37-18-5-3-2-4-6-18/h2-8,11,13,15,17H,1,9-10,14H2,(H2,30,31,32,33). The van der Waals surface area contributed by atoms with Gasteiger partial charge in [-0.15, -0.1) is 0 Å². The number of ketones is 1. The van der Waals surface area contributed by atoms with Crippen LogP contribution in [0, 0.1) is 11.3 Å². The summed E-state index contributed by atoms with van der Waals surface area (Å²) in [7, 11) is 0. The minimum absolute atomic E-state index is 0.0966. The number of fused-ring (bicyclic) bond motifs is 1. The van der Waals surface area contributed by atoms with Crippen molar-refractivity contribution in [2.24, 2.45) is 0 Å². The zero-order valence-corrected chi connectivity index (χ0v) is 20.3. The number of carbonyl (C=O) groups excluding carboxylic acids is 2. The molecule has 1 atom stereocenters. The highest BCUT2D eigenvalue weighted by Gasteiger charge is 2.29. The molecule has 0 spiro atoms. The van der Waals surface area contributed by atoms with E-state index in [9.17, 15) is 9.59 Å². The van der Waals surface area contributed by atoms with E-state index >= 15 is 0 Å². The smallest absolute Gasteiger partial charge is 0.263 e. The first-order chi connectivity index (χ1) is 17.9. The lowest BCUT2D eigenvalue weighted by Crippen LogP contribution is -2.32. The molecule has 0 saturated carbocycles. The fourth-order valence-corrected chi connectivity index (χ4v) is 4.52. The summed E-state index contributed by atoms with van der Waals surface area (Å²) >= 11 is 6.49. The molecule has 3 heterocycles. The fourth-order valence-electron chi connectivity index (χ4n) is 4.26. The van der Waals surface area contributed by atoms with Gasteiger partial charge in [0.15, 0.2) is 5.78 Å². The molecular formula is C27H21ClN6O3. The number of halogens is 1. The summed E-state index contributed by atoms with van der Waals surface area (Å²) in [5.74, 6) is 0.955. The summed E-state index contributed by atoms with van der Waals surface area (Å²) in [4.78, 5) is 39.0. The molecule has 2 N–H and O–H groups in total. The third-order valence-electron chi connectivity index (χ3n) is 6.09. The van der Waals surface area contributed by atoms with Crippen LogP contribution in [0.4, 0.5) is 5.82 Å². The Morgan fingerprint density at radius 1 is 1.16 bits per heavy atom. The van der Waals surface area contributed by atoms with E-state index in [1.807, 2.05) is 30.3 Å². The number of para-hydroxylation sites is 1. The maximum atomic E-state index is 13.5. The molecule has 37 heavy (non-hydrogen) atoms. The first-order valence-corrected chi connectivity index (χ1v) is 11.9. The average Bonchev–Trinajstić information content (AvgIpc) is 3.56. The van der Waals surface area contributed by atoms with E-state index in [1.54, 1.807) is 35.4 Å². The fraction of sp³-hybridized carbons (Fsp3) is 0.148. The van der Waals surface area contributed by atoms with Gasteiger partial charge < -0.3 is 19.9 Å². The number of nitrogens with zero attached hydrogens (tertiary/aromatic N) is 4. The Morgan fingerprint density at radius 2 is 1.97 bits per heavy atom. The van der Waals surface area contributed by atoms with Gasteiger partial charge in [0, 0.05) is 37.0 Å². The molecule has 1 amide bonds. The van der Waals surface area contributed by atoms with Crippen LogP contribution < -0.4 is 10.1 Å². The Balaban J connectivity index is 1.38. The lowest BCUT2D eigenvalue weighted by molar-refractivity contribution is -0.125. The maximum Gasteiger partial charge on any atom is 0.263 e. The van der Waals surface area contributed by atoms with Crippen LogP contribution in [-0.4, -0.2) is 50.7 Å². The van der Waals surface area contributed by atoms with Gasteiger partial charge >= 0.3 is 0 Å². The molecule has 0 aliphatic carbocycles. The number of aromatic amines is 1. The number of anilines is 1. The number of hydrogen-bond acceptors (Lipinski definition) is 7. The molecule has 10 heteroatoms. The summed E-state index contributed by atoms with van der Waals surface area (Å²) in [5, 5.41) is 13.1. The lowest BCUT2D eigenvalue weighted by atomic mass is 10.0. The SMILES string of the molecule is C=C(C#N)C(=O)N1CCC(Nc2ncnc3[nH]cc(C(=O)c4ccc(Oc5ccccc5)cc4Cl)c23)C1. The third kappa shape index (κ3) is 4.87. The lowest BCUT2D eigenvalue weighted by Gasteiger charge is -2.17. The maximum absolute atomic E-state index is 13.5. The number of amides is 1. The van der Waals surface area contributed by atoms with Crippen molar-refractivity contribution in [2.45, 2.75) is 12.5 Å². The molecule has 1 fully saturated rings. The van der Waals surface area contributed by atoms with Crippen LogP contribution in [0.2, 0.25) is 5.02 Å². The van der Waals surface area contributed by atoms with Gasteiger partial charge in [-0.3, -0.25) is 9.59 Å². The van der Waals surface area contributed by atoms with E-state index in [-0.39, 0.29) is 28.3 Å². The predicted molar refractivity (Wildman–Crippen MR) is 139 cm³/mol. The number of likely N-dealkylation sites (tertiary alicyclic amines) is 1. The van der Waals surface area contributed by atoms with Crippen molar-refractivity contribution in [1.82, 2.24) is 19.9 Å². The first kappa shape index (κ1) is 24.0. The van der Waals surface area contributed by atoms with Crippen LogP contribution in [0.5, 0.6) is 11.5 Å². The highest BCUT2D eigenvalue weighted by atomic mass is 35.5. The minimum Gasteiger partial charge on any atom is -0.457 e. The Kier molecular flexibility index (Phi) is 6.58. The van der Waals surface area contributed by atoms with Gasteiger partial charge in [-0.25, -0.2) is 9.97 Å². The molecule has 9 nitrogen and oxygen atoms in total. The van der Waals surface area contributed by atoms with Gasteiger partial charge in [-0.2, -0.15) is 5.26 Å². The van der Waals surface area contributed by atoms with E-state index < -0.39 is 0 Å². The number of H-pyrrole nitrogens is 1. The first-order valence-electron chi connectivity index (χ1n) is 11.5. The summed E-state index contributed by atoms with van der Waals surface area (Å²) < 4.78 is 5.81.